The van der Waals surface area contributed by atoms with E-state index in [2.05, 4.69) is 54.2 Å². The first-order valence-corrected chi connectivity index (χ1v) is 13.5. The van der Waals surface area contributed by atoms with E-state index < -0.39 is 0 Å². The molecule has 2 aromatic carbocycles. The third-order valence-electron chi connectivity index (χ3n) is 7.22. The number of benzene rings is 2. The van der Waals surface area contributed by atoms with Crippen LogP contribution in [0.4, 0.5) is 28.6 Å². The SMILES string of the molecule is C=CC(=O)Nc1cc(Nc2cc(-c3ccc(C=N)c(NC)c3)ncn2)c(OC)cc1N(C)CCN1CCN(C)CC1. The number of nitrogens with one attached hydrogen (secondary N) is 4. The molecule has 0 radical (unpaired) electrons. The summed E-state index contributed by atoms with van der Waals surface area (Å²) < 4.78 is 5.76. The molecular weight excluding hydrogens is 518 g/mol. The van der Waals surface area contributed by atoms with Crippen LogP contribution >= 0.6 is 0 Å². The van der Waals surface area contributed by atoms with E-state index in [1.165, 1.54) is 18.6 Å². The fourth-order valence-corrected chi connectivity index (χ4v) is 4.70. The van der Waals surface area contributed by atoms with Crippen LogP contribution in [0.3, 0.4) is 0 Å². The van der Waals surface area contributed by atoms with Crippen LogP contribution in [0.5, 0.6) is 5.75 Å². The van der Waals surface area contributed by atoms with Gasteiger partial charge in [-0.05, 0) is 25.3 Å². The van der Waals surface area contributed by atoms with Gasteiger partial charge in [-0.3, -0.25) is 9.69 Å². The lowest BCUT2D eigenvalue weighted by Crippen LogP contribution is -2.46. The molecular formula is C30H39N9O2. The summed E-state index contributed by atoms with van der Waals surface area (Å²) in [6, 6.07) is 11.4. The fourth-order valence-electron chi connectivity index (χ4n) is 4.70. The van der Waals surface area contributed by atoms with Gasteiger partial charge in [0.2, 0.25) is 5.91 Å². The van der Waals surface area contributed by atoms with Crippen LogP contribution in [0.1, 0.15) is 5.56 Å². The van der Waals surface area contributed by atoms with Gasteiger partial charge in [0, 0.05) is 88.5 Å². The largest absolute Gasteiger partial charge is 0.494 e. The minimum atomic E-state index is -0.298. The average Bonchev–Trinajstić information content (AvgIpc) is 3.00. The van der Waals surface area contributed by atoms with Crippen LogP contribution in [0.2, 0.25) is 0 Å². The Morgan fingerprint density at radius 1 is 1.12 bits per heavy atom. The Hall–Kier alpha value is -4.48. The van der Waals surface area contributed by atoms with E-state index in [-0.39, 0.29) is 5.91 Å². The summed E-state index contributed by atoms with van der Waals surface area (Å²) >= 11 is 0. The number of hydrogen-bond donors (Lipinski definition) is 4. The number of anilines is 5. The predicted molar refractivity (Wildman–Crippen MR) is 167 cm³/mol. The molecule has 4 N–H and O–H groups in total. The lowest BCUT2D eigenvalue weighted by molar-refractivity contribution is -0.111. The van der Waals surface area contributed by atoms with Crippen LogP contribution < -0.4 is 25.6 Å². The minimum absolute atomic E-state index is 0.298. The van der Waals surface area contributed by atoms with E-state index in [0.717, 1.165) is 67.5 Å². The average molecular weight is 558 g/mol. The van der Waals surface area contributed by atoms with Crippen molar-refractivity contribution in [1.82, 2.24) is 19.8 Å². The molecule has 11 heteroatoms. The van der Waals surface area contributed by atoms with Gasteiger partial charge >= 0.3 is 0 Å². The van der Waals surface area contributed by atoms with Crippen molar-refractivity contribution >= 4 is 40.7 Å². The Morgan fingerprint density at radius 2 is 1.90 bits per heavy atom. The fraction of sp³-hybridized carbons (Fsp3) is 0.333. The van der Waals surface area contributed by atoms with Gasteiger partial charge < -0.3 is 35.9 Å². The van der Waals surface area contributed by atoms with Crippen molar-refractivity contribution in [2.24, 2.45) is 0 Å². The van der Waals surface area contributed by atoms with Gasteiger partial charge in [0.15, 0.2) is 0 Å². The van der Waals surface area contributed by atoms with Crippen molar-refractivity contribution in [2.75, 3.05) is 88.4 Å². The highest BCUT2D eigenvalue weighted by Gasteiger charge is 2.18. The second-order valence-corrected chi connectivity index (χ2v) is 9.94. The highest BCUT2D eigenvalue weighted by atomic mass is 16.5. The third-order valence-corrected chi connectivity index (χ3v) is 7.22. The van der Waals surface area contributed by atoms with E-state index in [1.807, 2.05) is 50.5 Å². The standard InChI is InChI=1S/C30H39N9O2/c1-6-30(40)36-25-16-26(28(41-5)18-27(25)38(4)11-14-39-12-9-37(3)10-13-39)35-29-17-24(33-20-34-29)21-7-8-22(19-31)23(15-21)32-2/h6-8,15-20,31-32H,1,9-14H2,2-5H3,(H,36,40)(H,33,34,35). The summed E-state index contributed by atoms with van der Waals surface area (Å²) in [5.41, 5.74) is 5.34. The number of piperazine rings is 1. The maximum atomic E-state index is 12.4. The van der Waals surface area contributed by atoms with Crippen LogP contribution in [-0.2, 0) is 4.79 Å². The predicted octanol–water partition coefficient (Wildman–Crippen LogP) is 3.74. The molecule has 216 valence electrons. The first-order valence-electron chi connectivity index (χ1n) is 13.5. The molecule has 1 aliphatic heterocycles. The summed E-state index contributed by atoms with van der Waals surface area (Å²) in [6.07, 6.45) is 4.06. The monoisotopic (exact) mass is 557 g/mol. The van der Waals surface area contributed by atoms with Gasteiger partial charge in [0.25, 0.3) is 0 Å². The zero-order chi connectivity index (χ0) is 29.4. The number of methoxy groups -OCH3 is 1. The maximum Gasteiger partial charge on any atom is 0.247 e. The van der Waals surface area contributed by atoms with Gasteiger partial charge in [-0.2, -0.15) is 0 Å². The zero-order valence-electron chi connectivity index (χ0n) is 24.2. The van der Waals surface area contributed by atoms with Crippen LogP contribution in [0.15, 0.2) is 55.4 Å². The molecule has 11 nitrogen and oxygen atoms in total. The molecule has 0 saturated carbocycles. The molecule has 0 aliphatic carbocycles. The molecule has 1 fully saturated rings. The van der Waals surface area contributed by atoms with Crippen molar-refractivity contribution in [1.29, 1.82) is 5.41 Å². The summed E-state index contributed by atoms with van der Waals surface area (Å²) in [5.74, 6) is 0.872. The molecule has 2 heterocycles. The van der Waals surface area contributed by atoms with Gasteiger partial charge in [0.1, 0.15) is 17.9 Å². The van der Waals surface area contributed by atoms with Crippen LogP contribution in [0, 0.1) is 5.41 Å². The van der Waals surface area contributed by atoms with E-state index in [1.54, 1.807) is 7.11 Å². The molecule has 0 atom stereocenters. The molecule has 3 aromatic rings. The van der Waals surface area contributed by atoms with Crippen LogP contribution in [0.25, 0.3) is 11.3 Å². The number of ether oxygens (including phenoxy) is 1. The third kappa shape index (κ3) is 7.38. The lowest BCUT2D eigenvalue weighted by Gasteiger charge is -2.34. The minimum Gasteiger partial charge on any atom is -0.494 e. The molecule has 1 aromatic heterocycles. The number of carbonyl (C=O) groups excluding carboxylic acids is 1. The number of carbonyl (C=O) groups is 1. The summed E-state index contributed by atoms with van der Waals surface area (Å²) in [5, 5.41) is 17.0. The smallest absolute Gasteiger partial charge is 0.247 e. The maximum absolute atomic E-state index is 12.4. The van der Waals surface area contributed by atoms with Crippen molar-refractivity contribution in [2.45, 2.75) is 0 Å². The molecule has 1 saturated heterocycles. The Balaban J connectivity index is 1.60. The first kappa shape index (κ1) is 29.5. The summed E-state index contributed by atoms with van der Waals surface area (Å²) in [6.45, 7) is 9.53. The van der Waals surface area contributed by atoms with Gasteiger partial charge in [-0.15, -0.1) is 0 Å². The molecule has 1 aliphatic rings. The Kier molecular flexibility index (Phi) is 9.88. The van der Waals surface area contributed by atoms with Crippen molar-refractivity contribution < 1.29 is 9.53 Å². The van der Waals surface area contributed by atoms with E-state index in [4.69, 9.17) is 10.1 Å². The highest BCUT2D eigenvalue weighted by molar-refractivity contribution is 6.02. The van der Waals surface area contributed by atoms with Gasteiger partial charge in [-0.25, -0.2) is 9.97 Å². The van der Waals surface area contributed by atoms with E-state index in [9.17, 15) is 4.79 Å². The number of rotatable bonds is 12. The second kappa shape index (κ2) is 13.7. The van der Waals surface area contributed by atoms with Crippen molar-refractivity contribution in [3.63, 3.8) is 0 Å². The molecule has 0 bridgehead atoms. The first-order chi connectivity index (χ1) is 19.8. The number of hydrogen-bond acceptors (Lipinski definition) is 10. The second-order valence-electron chi connectivity index (χ2n) is 9.94. The van der Waals surface area contributed by atoms with E-state index in [0.29, 0.717) is 22.9 Å². The zero-order valence-corrected chi connectivity index (χ0v) is 24.2. The van der Waals surface area contributed by atoms with E-state index >= 15 is 0 Å². The lowest BCUT2D eigenvalue weighted by atomic mass is 10.1. The van der Waals surface area contributed by atoms with Crippen LogP contribution in [-0.4, -0.2) is 99.4 Å². The topological polar surface area (TPSA) is 122 Å². The summed E-state index contributed by atoms with van der Waals surface area (Å²) in [4.78, 5) is 28.1. The normalized spacial score (nSPS) is 13.8. The number of aromatic nitrogens is 2. The Labute approximate surface area is 241 Å². The van der Waals surface area contributed by atoms with Gasteiger partial charge in [-0.1, -0.05) is 18.7 Å². The number of amides is 1. The number of nitrogens with zero attached hydrogens (tertiary/aromatic N) is 5. The highest BCUT2D eigenvalue weighted by Crippen LogP contribution is 2.38. The molecule has 0 spiro atoms. The molecule has 1 amide bonds. The molecule has 4 rings (SSSR count). The molecule has 0 unspecified atom stereocenters. The Morgan fingerprint density at radius 3 is 2.59 bits per heavy atom. The quantitative estimate of drug-likeness (QED) is 0.195. The molecule has 41 heavy (non-hydrogen) atoms. The van der Waals surface area contributed by atoms with Crippen molar-refractivity contribution in [3.8, 4) is 17.0 Å². The van der Waals surface area contributed by atoms with Gasteiger partial charge in [0.05, 0.1) is 29.9 Å². The Bertz CT molecular complexity index is 1390. The number of likely N-dealkylation sites (N-methyl/N-ethyl adjacent to an activating group) is 2. The van der Waals surface area contributed by atoms with Crippen molar-refractivity contribution in [3.05, 3.63) is 60.9 Å². The summed E-state index contributed by atoms with van der Waals surface area (Å²) in [7, 11) is 7.60.